The van der Waals surface area contributed by atoms with E-state index in [1.165, 1.54) is 43.2 Å². The highest BCUT2D eigenvalue weighted by atomic mass is 32.2. The second-order valence-electron chi connectivity index (χ2n) is 10.6. The van der Waals surface area contributed by atoms with Gasteiger partial charge in [0.15, 0.2) is 0 Å². The van der Waals surface area contributed by atoms with Crippen LogP contribution in [0.15, 0.2) is 54.6 Å². The number of carbonyl (C=O) groups excluding carboxylic acids is 3. The molecule has 0 unspecified atom stereocenters. The Morgan fingerprint density at radius 1 is 1.00 bits per heavy atom. The number of nitrogens with zero attached hydrogens (tertiary/aromatic N) is 1. The quantitative estimate of drug-likeness (QED) is 0.255. The highest BCUT2D eigenvalue weighted by Crippen LogP contribution is 2.26. The molecule has 1 aliphatic heterocycles. The third-order valence-electron chi connectivity index (χ3n) is 7.36. The number of likely N-dealkylation sites (tertiary alicyclic amines) is 1. The first-order valence-electron chi connectivity index (χ1n) is 13.9. The summed E-state index contributed by atoms with van der Waals surface area (Å²) < 4.78 is 70.5. The molecular formula is C29H35F3N4O8S. The lowest BCUT2D eigenvalue weighted by atomic mass is 9.94. The molecule has 45 heavy (non-hydrogen) atoms. The van der Waals surface area contributed by atoms with E-state index in [9.17, 15) is 45.9 Å². The van der Waals surface area contributed by atoms with Crippen LogP contribution in [0.3, 0.4) is 0 Å². The van der Waals surface area contributed by atoms with E-state index >= 15 is 0 Å². The van der Waals surface area contributed by atoms with Crippen LogP contribution in [0.25, 0.3) is 0 Å². The summed E-state index contributed by atoms with van der Waals surface area (Å²) in [5.41, 5.74) is 1.13. The van der Waals surface area contributed by atoms with Crippen molar-refractivity contribution in [2.24, 2.45) is 5.92 Å². The number of alkyl halides is 3. The molecule has 0 spiro atoms. The van der Waals surface area contributed by atoms with Crippen LogP contribution < -0.4 is 15.4 Å². The number of sulfonamides is 1. The van der Waals surface area contributed by atoms with Crippen molar-refractivity contribution in [1.29, 1.82) is 0 Å². The van der Waals surface area contributed by atoms with Crippen molar-refractivity contribution in [2.45, 2.75) is 62.8 Å². The molecule has 3 rings (SSSR count). The predicted molar refractivity (Wildman–Crippen MR) is 155 cm³/mol. The Labute approximate surface area is 258 Å². The number of benzene rings is 2. The summed E-state index contributed by atoms with van der Waals surface area (Å²) in [6.45, 7) is 1.40. The molecule has 0 aliphatic carbocycles. The summed E-state index contributed by atoms with van der Waals surface area (Å²) in [6.07, 6.45) is -5.97. The van der Waals surface area contributed by atoms with Crippen molar-refractivity contribution in [3.05, 3.63) is 71.3 Å². The molecule has 246 valence electrons. The number of nitrogens with one attached hydrogen (secondary N) is 3. The molecule has 0 saturated carbocycles. The van der Waals surface area contributed by atoms with Crippen LogP contribution in [0.2, 0.25) is 0 Å². The third kappa shape index (κ3) is 10.2. The molecular weight excluding hydrogens is 621 g/mol. The van der Waals surface area contributed by atoms with E-state index in [0.717, 1.165) is 0 Å². The molecule has 0 aromatic heterocycles. The lowest BCUT2D eigenvalue weighted by Crippen LogP contribution is -2.54. The number of carboxylic acid groups (broad SMARTS) is 1. The smallest absolute Gasteiger partial charge is 0.465 e. The van der Waals surface area contributed by atoms with E-state index in [1.807, 2.05) is 4.72 Å². The van der Waals surface area contributed by atoms with Crippen LogP contribution in [0, 0.1) is 5.92 Å². The van der Waals surface area contributed by atoms with E-state index in [0.29, 0.717) is 24.9 Å². The molecule has 16 heteroatoms. The molecule has 2 aromatic rings. The summed E-state index contributed by atoms with van der Waals surface area (Å²) >= 11 is 0. The van der Waals surface area contributed by atoms with Crippen molar-refractivity contribution in [3.63, 3.8) is 0 Å². The van der Waals surface area contributed by atoms with Gasteiger partial charge in [-0.3, -0.25) is 19.1 Å². The van der Waals surface area contributed by atoms with Gasteiger partial charge >= 0.3 is 18.2 Å². The standard InChI is InChI=1S/C29H35F3N4O8S/c1-18(24(44-2)23-9-6-14-36(23)28(40)41)25(37)34-22(15-19-7-4-3-5-8-19)26(38)35-45(42,43)17-21-12-10-20(11-13-21)16-33-27(39)29(30,31)32/h3-5,7-8,10-13,18,22-24H,6,9,14-17H2,1-2H3,(H,33,39)(H,34,37)(H,35,38)(H,40,41)/t18-,22+,23+,24-/m1/s1. The lowest BCUT2D eigenvalue weighted by molar-refractivity contribution is -0.173. The molecule has 2 aromatic carbocycles. The van der Waals surface area contributed by atoms with Gasteiger partial charge in [0.25, 0.3) is 5.91 Å². The topological polar surface area (TPSA) is 171 Å². The monoisotopic (exact) mass is 656 g/mol. The number of methoxy groups -OCH3 is 1. The fourth-order valence-electron chi connectivity index (χ4n) is 5.09. The second-order valence-corrected chi connectivity index (χ2v) is 12.4. The molecule has 0 bridgehead atoms. The van der Waals surface area contributed by atoms with Crippen LogP contribution in [0.5, 0.6) is 0 Å². The minimum Gasteiger partial charge on any atom is -0.465 e. The van der Waals surface area contributed by atoms with Gasteiger partial charge in [-0.15, -0.1) is 0 Å². The Balaban J connectivity index is 1.70. The van der Waals surface area contributed by atoms with E-state index in [-0.39, 0.29) is 17.5 Å². The Kier molecular flexibility index (Phi) is 11.9. The van der Waals surface area contributed by atoms with E-state index in [1.54, 1.807) is 35.6 Å². The van der Waals surface area contributed by atoms with Gasteiger partial charge in [-0.25, -0.2) is 13.2 Å². The maximum atomic E-state index is 13.3. The molecule has 4 atom stereocenters. The van der Waals surface area contributed by atoms with Crippen molar-refractivity contribution < 1.29 is 50.6 Å². The fraction of sp³-hybridized carbons (Fsp3) is 0.448. The van der Waals surface area contributed by atoms with Crippen LogP contribution in [0.1, 0.15) is 36.5 Å². The number of rotatable bonds is 13. The van der Waals surface area contributed by atoms with Crippen molar-refractivity contribution >= 4 is 33.8 Å². The van der Waals surface area contributed by atoms with Gasteiger partial charge in [0.1, 0.15) is 6.04 Å². The Morgan fingerprint density at radius 3 is 2.20 bits per heavy atom. The zero-order valence-corrected chi connectivity index (χ0v) is 25.4. The molecule has 1 aliphatic rings. The number of amides is 4. The summed E-state index contributed by atoms with van der Waals surface area (Å²) in [6, 6.07) is 12.0. The van der Waals surface area contributed by atoms with Crippen molar-refractivity contribution in [1.82, 2.24) is 20.3 Å². The van der Waals surface area contributed by atoms with E-state index in [4.69, 9.17) is 4.74 Å². The molecule has 1 fully saturated rings. The first-order chi connectivity index (χ1) is 21.1. The van der Waals surface area contributed by atoms with Crippen LogP contribution in [-0.4, -0.2) is 80.3 Å². The number of hydrogen-bond acceptors (Lipinski definition) is 7. The maximum absolute atomic E-state index is 13.3. The Morgan fingerprint density at radius 2 is 1.62 bits per heavy atom. The summed E-state index contributed by atoms with van der Waals surface area (Å²) in [5.74, 6) is -5.31. The summed E-state index contributed by atoms with van der Waals surface area (Å²) in [4.78, 5) is 50.5. The predicted octanol–water partition coefficient (Wildman–Crippen LogP) is 2.33. The molecule has 4 N–H and O–H groups in total. The van der Waals surface area contributed by atoms with Crippen molar-refractivity contribution in [2.75, 3.05) is 13.7 Å². The summed E-state index contributed by atoms with van der Waals surface area (Å²) in [7, 11) is -2.94. The third-order valence-corrected chi connectivity index (χ3v) is 8.59. The SMILES string of the molecule is CO[C@H]([C@@H](C)C(=O)N[C@@H](Cc1ccccc1)C(=O)NS(=O)(=O)Cc1ccc(CNC(=O)C(F)(F)F)cc1)[C@@H]1CCCN1C(=O)O. The Hall–Kier alpha value is -4.18. The van der Waals surface area contributed by atoms with E-state index < -0.39 is 76.4 Å². The van der Waals surface area contributed by atoms with Crippen LogP contribution in [0.4, 0.5) is 18.0 Å². The molecule has 1 saturated heterocycles. The number of ether oxygens (including phenoxy) is 1. The molecule has 4 amide bonds. The number of carbonyl (C=O) groups is 4. The largest absolute Gasteiger partial charge is 0.471 e. The van der Waals surface area contributed by atoms with Gasteiger partial charge in [-0.05, 0) is 29.5 Å². The Bertz CT molecular complexity index is 1460. The first-order valence-corrected chi connectivity index (χ1v) is 15.6. The minimum atomic E-state index is -5.04. The molecule has 12 nitrogen and oxygen atoms in total. The average Bonchev–Trinajstić information content (AvgIpc) is 3.46. The molecule has 0 radical (unpaired) electrons. The summed E-state index contributed by atoms with van der Waals surface area (Å²) in [5, 5.41) is 13.8. The minimum absolute atomic E-state index is 0.0542. The molecule has 1 heterocycles. The first kappa shape index (κ1) is 35.3. The second kappa shape index (κ2) is 15.2. The van der Waals surface area contributed by atoms with Crippen molar-refractivity contribution in [3.8, 4) is 0 Å². The van der Waals surface area contributed by atoms with Gasteiger partial charge < -0.3 is 25.4 Å². The van der Waals surface area contributed by atoms with Crippen LogP contribution >= 0.6 is 0 Å². The van der Waals surface area contributed by atoms with Crippen LogP contribution in [-0.2, 0) is 47.9 Å². The average molecular weight is 657 g/mol. The highest BCUT2D eigenvalue weighted by molar-refractivity contribution is 7.89. The number of hydrogen-bond donors (Lipinski definition) is 4. The maximum Gasteiger partial charge on any atom is 0.471 e. The van der Waals surface area contributed by atoms with Gasteiger partial charge in [0.05, 0.1) is 23.8 Å². The zero-order chi connectivity index (χ0) is 33.4. The lowest BCUT2D eigenvalue weighted by Gasteiger charge is -2.33. The number of halogens is 3. The van der Waals surface area contributed by atoms with Gasteiger partial charge in [-0.2, -0.15) is 13.2 Å². The fourth-order valence-corrected chi connectivity index (χ4v) is 6.25. The van der Waals surface area contributed by atoms with Gasteiger partial charge in [-0.1, -0.05) is 61.5 Å². The highest BCUT2D eigenvalue weighted by Gasteiger charge is 2.41. The zero-order valence-electron chi connectivity index (χ0n) is 24.5. The normalized spacial score (nSPS) is 17.2. The van der Waals surface area contributed by atoms with E-state index in [2.05, 4.69) is 5.32 Å². The van der Waals surface area contributed by atoms with Gasteiger partial charge in [0.2, 0.25) is 15.9 Å². The van der Waals surface area contributed by atoms with Gasteiger partial charge in [0, 0.05) is 26.6 Å².